The zero-order valence-electron chi connectivity index (χ0n) is 15.0. The summed E-state index contributed by atoms with van der Waals surface area (Å²) in [4.78, 5) is 37.6. The summed E-state index contributed by atoms with van der Waals surface area (Å²) in [6.07, 6.45) is 5.08. The average Bonchev–Trinajstić information content (AvgIpc) is 2.68. The lowest BCUT2D eigenvalue weighted by atomic mass is 10.00. The van der Waals surface area contributed by atoms with Crippen molar-refractivity contribution in [3.63, 3.8) is 0 Å². The van der Waals surface area contributed by atoms with E-state index in [1.165, 1.54) is 24.3 Å². The summed E-state index contributed by atoms with van der Waals surface area (Å²) < 4.78 is 0. The number of nitrogens with zero attached hydrogens (tertiary/aromatic N) is 1. The van der Waals surface area contributed by atoms with Gasteiger partial charge >= 0.3 is 5.97 Å². The van der Waals surface area contributed by atoms with E-state index in [9.17, 15) is 24.6 Å². The molecule has 1 unspecified atom stereocenters. The molecule has 0 radical (unpaired) electrons. The van der Waals surface area contributed by atoms with E-state index in [1.807, 2.05) is 0 Å². The number of amides is 2. The molecule has 28 heavy (non-hydrogen) atoms. The number of nitrogens with two attached hydrogens (primary N) is 1. The zero-order valence-corrected chi connectivity index (χ0v) is 15.0. The molecule has 0 aromatic heterocycles. The molecular formula is C21H20N2O5. The average molecular weight is 380 g/mol. The van der Waals surface area contributed by atoms with E-state index in [0.29, 0.717) is 5.56 Å². The predicted molar refractivity (Wildman–Crippen MR) is 102 cm³/mol. The van der Waals surface area contributed by atoms with Gasteiger partial charge in [-0.3, -0.25) is 9.59 Å². The number of carbonyl (C=O) groups excluding carboxylic acids is 2. The van der Waals surface area contributed by atoms with Gasteiger partial charge in [0.1, 0.15) is 17.8 Å². The van der Waals surface area contributed by atoms with Crippen molar-refractivity contribution in [1.29, 1.82) is 0 Å². The van der Waals surface area contributed by atoms with Crippen LogP contribution in [0, 0.1) is 12.3 Å². The van der Waals surface area contributed by atoms with E-state index in [2.05, 4.69) is 5.92 Å². The molecule has 144 valence electrons. The summed E-state index contributed by atoms with van der Waals surface area (Å²) in [6.45, 7) is 0. The van der Waals surface area contributed by atoms with Crippen LogP contribution in [0.2, 0.25) is 0 Å². The molecule has 0 spiro atoms. The molecule has 7 nitrogen and oxygen atoms in total. The van der Waals surface area contributed by atoms with Crippen molar-refractivity contribution >= 4 is 17.8 Å². The Morgan fingerprint density at radius 2 is 1.68 bits per heavy atom. The van der Waals surface area contributed by atoms with Gasteiger partial charge in [-0.25, -0.2) is 4.79 Å². The quantitative estimate of drug-likeness (QED) is 0.598. The number of phenols is 1. The second kappa shape index (κ2) is 9.24. The molecule has 0 bridgehead atoms. The minimum atomic E-state index is -1.34. The van der Waals surface area contributed by atoms with Gasteiger partial charge in [0.05, 0.1) is 6.42 Å². The minimum absolute atomic E-state index is 0.0306. The Kier molecular flexibility index (Phi) is 6.77. The molecule has 0 heterocycles. The van der Waals surface area contributed by atoms with E-state index in [1.54, 1.807) is 30.3 Å². The minimum Gasteiger partial charge on any atom is -0.508 e. The highest BCUT2D eigenvalue weighted by molar-refractivity contribution is 5.97. The number of aromatic hydroxyl groups is 1. The second-order valence-corrected chi connectivity index (χ2v) is 6.16. The standard InChI is InChI=1S/C21H20N2O5/c1-2-16(13-19(22)25)23(20(26)15-6-4-3-5-7-15)18(21(27)28)12-14-8-10-17(24)11-9-14/h1,3-11,16,18,24H,12-13H2,(H2,22,25)(H,27,28)/t16?,18-/m0/s1. The number of hydrogen-bond donors (Lipinski definition) is 3. The number of carboxylic acid groups (broad SMARTS) is 1. The summed E-state index contributed by atoms with van der Waals surface area (Å²) in [7, 11) is 0. The Bertz CT molecular complexity index is 887. The van der Waals surface area contributed by atoms with Crippen LogP contribution < -0.4 is 5.73 Å². The van der Waals surface area contributed by atoms with Gasteiger partial charge in [-0.15, -0.1) is 6.42 Å². The molecule has 0 aliphatic rings. The monoisotopic (exact) mass is 380 g/mol. The fourth-order valence-electron chi connectivity index (χ4n) is 2.82. The maximum absolute atomic E-state index is 13.1. The van der Waals surface area contributed by atoms with Crippen LogP contribution in [-0.2, 0) is 16.0 Å². The van der Waals surface area contributed by atoms with Gasteiger partial charge in [-0.05, 0) is 29.8 Å². The zero-order chi connectivity index (χ0) is 20.7. The summed E-state index contributed by atoms with van der Waals surface area (Å²) in [5.41, 5.74) is 6.06. The first-order valence-electron chi connectivity index (χ1n) is 8.46. The fourth-order valence-corrected chi connectivity index (χ4v) is 2.82. The molecule has 0 saturated heterocycles. The van der Waals surface area contributed by atoms with Crippen molar-refractivity contribution in [2.75, 3.05) is 0 Å². The molecule has 7 heteroatoms. The second-order valence-electron chi connectivity index (χ2n) is 6.16. The summed E-state index contributed by atoms with van der Waals surface area (Å²) in [5, 5.41) is 19.2. The number of rotatable bonds is 8. The van der Waals surface area contributed by atoms with Gasteiger partial charge in [0.25, 0.3) is 5.91 Å². The topological polar surface area (TPSA) is 121 Å². The molecule has 2 aromatic carbocycles. The Labute approximate surface area is 162 Å². The van der Waals surface area contributed by atoms with Crippen molar-refractivity contribution < 1.29 is 24.6 Å². The first kappa shape index (κ1) is 20.5. The Balaban J connectivity index is 2.47. The summed E-state index contributed by atoms with van der Waals surface area (Å²) in [5.74, 6) is -0.292. The fraction of sp³-hybridized carbons (Fsp3) is 0.190. The van der Waals surface area contributed by atoms with Gasteiger partial charge in [-0.2, -0.15) is 0 Å². The number of aliphatic carboxylic acids is 1. The van der Waals surface area contributed by atoms with Crippen LogP contribution in [-0.4, -0.2) is 45.0 Å². The highest BCUT2D eigenvalue weighted by Crippen LogP contribution is 2.20. The van der Waals surface area contributed by atoms with Gasteiger partial charge in [0, 0.05) is 12.0 Å². The van der Waals surface area contributed by atoms with E-state index in [-0.39, 0.29) is 24.2 Å². The SMILES string of the molecule is C#CC(CC(N)=O)N(C(=O)c1ccccc1)[C@@H](Cc1ccc(O)cc1)C(=O)O. The number of primary amides is 1. The highest BCUT2D eigenvalue weighted by Gasteiger charge is 2.36. The number of carbonyl (C=O) groups is 3. The number of hydrogen-bond acceptors (Lipinski definition) is 4. The Hall–Kier alpha value is -3.79. The molecule has 2 aromatic rings. The lowest BCUT2D eigenvalue weighted by Crippen LogP contribution is -2.52. The number of benzene rings is 2. The third-order valence-corrected chi connectivity index (χ3v) is 4.16. The highest BCUT2D eigenvalue weighted by atomic mass is 16.4. The van der Waals surface area contributed by atoms with Crippen molar-refractivity contribution in [3.8, 4) is 18.1 Å². The van der Waals surface area contributed by atoms with Crippen molar-refractivity contribution in [2.24, 2.45) is 5.73 Å². The van der Waals surface area contributed by atoms with E-state index < -0.39 is 29.9 Å². The first-order valence-corrected chi connectivity index (χ1v) is 8.46. The summed E-state index contributed by atoms with van der Waals surface area (Å²) in [6, 6.07) is 11.5. The van der Waals surface area contributed by atoms with Crippen LogP contribution in [0.5, 0.6) is 5.75 Å². The Morgan fingerprint density at radius 1 is 1.07 bits per heavy atom. The maximum Gasteiger partial charge on any atom is 0.326 e. The molecule has 0 saturated carbocycles. The van der Waals surface area contributed by atoms with Gasteiger partial charge in [-0.1, -0.05) is 36.3 Å². The van der Waals surface area contributed by atoms with Crippen LogP contribution in [0.15, 0.2) is 54.6 Å². The third kappa shape index (κ3) is 5.11. The molecular weight excluding hydrogens is 360 g/mol. The van der Waals surface area contributed by atoms with Gasteiger partial charge in [0.15, 0.2) is 0 Å². The predicted octanol–water partition coefficient (Wildman–Crippen LogP) is 1.41. The van der Waals surface area contributed by atoms with Crippen molar-refractivity contribution in [1.82, 2.24) is 4.90 Å². The molecule has 4 N–H and O–H groups in total. The molecule has 2 atom stereocenters. The first-order chi connectivity index (χ1) is 13.3. The van der Waals surface area contributed by atoms with Gasteiger partial charge in [0.2, 0.25) is 5.91 Å². The Morgan fingerprint density at radius 3 is 2.18 bits per heavy atom. The van der Waals surface area contributed by atoms with Crippen LogP contribution in [0.25, 0.3) is 0 Å². The lowest BCUT2D eigenvalue weighted by molar-refractivity contribution is -0.143. The van der Waals surface area contributed by atoms with E-state index >= 15 is 0 Å². The van der Waals surface area contributed by atoms with Gasteiger partial charge < -0.3 is 20.8 Å². The van der Waals surface area contributed by atoms with Crippen LogP contribution in [0.4, 0.5) is 0 Å². The number of terminal acetylenes is 1. The molecule has 2 rings (SSSR count). The van der Waals surface area contributed by atoms with Crippen LogP contribution in [0.3, 0.4) is 0 Å². The van der Waals surface area contributed by atoms with E-state index in [4.69, 9.17) is 12.2 Å². The van der Waals surface area contributed by atoms with Crippen LogP contribution >= 0.6 is 0 Å². The maximum atomic E-state index is 13.1. The van der Waals surface area contributed by atoms with Crippen LogP contribution in [0.1, 0.15) is 22.3 Å². The summed E-state index contributed by atoms with van der Waals surface area (Å²) >= 11 is 0. The molecule has 0 aliphatic carbocycles. The van der Waals surface area contributed by atoms with Crippen molar-refractivity contribution in [2.45, 2.75) is 24.9 Å². The number of carboxylic acids is 1. The molecule has 0 aliphatic heterocycles. The van der Waals surface area contributed by atoms with E-state index in [0.717, 1.165) is 4.90 Å². The smallest absolute Gasteiger partial charge is 0.326 e. The van der Waals surface area contributed by atoms with Crippen molar-refractivity contribution in [3.05, 3.63) is 65.7 Å². The normalized spacial score (nSPS) is 12.4. The lowest BCUT2D eigenvalue weighted by Gasteiger charge is -2.33. The largest absolute Gasteiger partial charge is 0.508 e. The molecule has 0 fully saturated rings. The molecule has 2 amide bonds. The third-order valence-electron chi connectivity index (χ3n) is 4.16. The number of phenolic OH excluding ortho intramolecular Hbond substituents is 1.